The molecule has 5 nitrogen and oxygen atoms in total. The van der Waals surface area contributed by atoms with E-state index in [2.05, 4.69) is 0 Å². The lowest BCUT2D eigenvalue weighted by molar-refractivity contribution is -0.0671. The highest BCUT2D eigenvalue weighted by Crippen LogP contribution is 2.27. The third-order valence-electron chi connectivity index (χ3n) is 4.08. The number of hydrogen-bond donors (Lipinski definition) is 2. The summed E-state index contributed by atoms with van der Waals surface area (Å²) >= 11 is 0. The highest BCUT2D eigenvalue weighted by Gasteiger charge is 2.36. The molecule has 0 aromatic heterocycles. The van der Waals surface area contributed by atoms with Gasteiger partial charge in [-0.05, 0) is 25.3 Å². The van der Waals surface area contributed by atoms with Gasteiger partial charge >= 0.3 is 6.09 Å². The van der Waals surface area contributed by atoms with Gasteiger partial charge in [-0.3, -0.25) is 0 Å². The number of aliphatic hydroxyl groups is 2. The minimum Gasteiger partial charge on any atom is -0.445 e. The Balaban J connectivity index is 1.87. The van der Waals surface area contributed by atoms with Crippen molar-refractivity contribution in [1.82, 2.24) is 4.90 Å². The zero-order valence-electron chi connectivity index (χ0n) is 12.4. The van der Waals surface area contributed by atoms with Crippen LogP contribution in [0.5, 0.6) is 0 Å². The van der Waals surface area contributed by atoms with Gasteiger partial charge in [-0.25, -0.2) is 4.79 Å². The molecule has 1 saturated heterocycles. The van der Waals surface area contributed by atoms with E-state index in [4.69, 9.17) is 4.74 Å². The number of hydrogen-bond acceptors (Lipinski definition) is 4. The first kappa shape index (κ1) is 15.8. The first-order chi connectivity index (χ1) is 10.0. The van der Waals surface area contributed by atoms with Crippen molar-refractivity contribution in [3.63, 3.8) is 0 Å². The Labute approximate surface area is 125 Å². The molecule has 5 heteroatoms. The van der Waals surface area contributed by atoms with E-state index in [1.807, 2.05) is 30.3 Å². The second-order valence-electron chi connectivity index (χ2n) is 5.84. The molecule has 0 saturated carbocycles. The zero-order chi connectivity index (χ0) is 15.3. The van der Waals surface area contributed by atoms with E-state index in [0.29, 0.717) is 13.1 Å². The van der Waals surface area contributed by atoms with Crippen LogP contribution < -0.4 is 0 Å². The molecule has 0 spiro atoms. The Morgan fingerprint density at radius 3 is 2.81 bits per heavy atom. The Morgan fingerprint density at radius 1 is 1.43 bits per heavy atom. The third kappa shape index (κ3) is 4.19. The average molecular weight is 293 g/mol. The molecule has 0 radical (unpaired) electrons. The molecular weight excluding hydrogens is 270 g/mol. The lowest BCUT2D eigenvalue weighted by Gasteiger charge is -2.39. The molecule has 0 aliphatic carbocycles. The topological polar surface area (TPSA) is 70.0 Å². The summed E-state index contributed by atoms with van der Waals surface area (Å²) in [6, 6.07) is 9.53. The predicted molar refractivity (Wildman–Crippen MR) is 78.6 cm³/mol. The van der Waals surface area contributed by atoms with Crippen LogP contribution in [0.25, 0.3) is 0 Å². The van der Waals surface area contributed by atoms with E-state index in [1.54, 1.807) is 11.8 Å². The zero-order valence-corrected chi connectivity index (χ0v) is 12.4. The molecule has 0 bridgehead atoms. The standard InChI is InChI=1S/C16H23NO4/c1-16(20,12-18)14-8-5-9-17(10-14)15(19)21-11-13-6-3-2-4-7-13/h2-4,6-7,14,18,20H,5,8-12H2,1H3/t14?,16-/m1/s1. The van der Waals surface area contributed by atoms with Gasteiger partial charge in [-0.1, -0.05) is 30.3 Å². The predicted octanol–water partition coefficient (Wildman–Crippen LogP) is 1.78. The van der Waals surface area contributed by atoms with Crippen LogP contribution in [0, 0.1) is 5.92 Å². The van der Waals surface area contributed by atoms with Gasteiger partial charge in [0.05, 0.1) is 12.2 Å². The summed E-state index contributed by atoms with van der Waals surface area (Å²) in [6.45, 7) is 2.60. The first-order valence-corrected chi connectivity index (χ1v) is 7.32. The Bertz CT molecular complexity index is 461. The van der Waals surface area contributed by atoms with Gasteiger partial charge < -0.3 is 19.8 Å². The van der Waals surface area contributed by atoms with Crippen molar-refractivity contribution in [2.24, 2.45) is 5.92 Å². The summed E-state index contributed by atoms with van der Waals surface area (Å²) in [5.41, 5.74) is -0.208. The number of carbonyl (C=O) groups excluding carboxylic acids is 1. The number of aliphatic hydroxyl groups excluding tert-OH is 1. The number of benzene rings is 1. The SMILES string of the molecule is C[C@@](O)(CO)C1CCCN(C(=O)OCc2ccccc2)C1. The Morgan fingerprint density at radius 2 is 2.14 bits per heavy atom. The van der Waals surface area contributed by atoms with Crippen molar-refractivity contribution < 1.29 is 19.7 Å². The van der Waals surface area contributed by atoms with Crippen molar-refractivity contribution in [2.45, 2.75) is 32.0 Å². The fourth-order valence-corrected chi connectivity index (χ4v) is 2.59. The van der Waals surface area contributed by atoms with Gasteiger partial charge in [0.15, 0.2) is 0 Å². The van der Waals surface area contributed by atoms with Crippen molar-refractivity contribution in [3.8, 4) is 0 Å². The maximum absolute atomic E-state index is 12.1. The number of carbonyl (C=O) groups is 1. The fourth-order valence-electron chi connectivity index (χ4n) is 2.59. The summed E-state index contributed by atoms with van der Waals surface area (Å²) < 4.78 is 5.31. The molecule has 2 rings (SSSR count). The van der Waals surface area contributed by atoms with Crippen LogP contribution in [0.4, 0.5) is 4.79 Å². The Kier molecular flexibility index (Phi) is 5.20. The lowest BCUT2D eigenvalue weighted by atomic mass is 9.83. The number of likely N-dealkylation sites (tertiary alicyclic amines) is 1. The molecule has 1 aliphatic rings. The van der Waals surface area contributed by atoms with Crippen LogP contribution in [0.2, 0.25) is 0 Å². The molecule has 2 atom stereocenters. The largest absolute Gasteiger partial charge is 0.445 e. The van der Waals surface area contributed by atoms with E-state index in [0.717, 1.165) is 18.4 Å². The smallest absolute Gasteiger partial charge is 0.410 e. The summed E-state index contributed by atoms with van der Waals surface area (Å²) in [5, 5.41) is 19.4. The molecular formula is C16H23NO4. The molecule has 1 heterocycles. The monoisotopic (exact) mass is 293 g/mol. The van der Waals surface area contributed by atoms with Crippen molar-refractivity contribution in [3.05, 3.63) is 35.9 Å². The van der Waals surface area contributed by atoms with Crippen molar-refractivity contribution >= 4 is 6.09 Å². The number of rotatable bonds is 4. The minimum absolute atomic E-state index is 0.125. The molecule has 1 fully saturated rings. The minimum atomic E-state index is -1.15. The number of piperidine rings is 1. The second-order valence-corrected chi connectivity index (χ2v) is 5.84. The quantitative estimate of drug-likeness (QED) is 0.888. The number of amides is 1. The normalized spacial score (nSPS) is 21.7. The van der Waals surface area contributed by atoms with Gasteiger partial charge in [0, 0.05) is 19.0 Å². The van der Waals surface area contributed by atoms with Gasteiger partial charge in [-0.15, -0.1) is 0 Å². The molecule has 1 aromatic carbocycles. The molecule has 21 heavy (non-hydrogen) atoms. The molecule has 2 N–H and O–H groups in total. The average Bonchev–Trinajstić information content (AvgIpc) is 2.53. The van der Waals surface area contributed by atoms with Crippen LogP contribution in [0.15, 0.2) is 30.3 Å². The van der Waals surface area contributed by atoms with Crippen LogP contribution in [-0.2, 0) is 11.3 Å². The Hall–Kier alpha value is -1.59. The summed E-state index contributed by atoms with van der Waals surface area (Å²) in [7, 11) is 0. The van der Waals surface area contributed by atoms with Crippen LogP contribution >= 0.6 is 0 Å². The van der Waals surface area contributed by atoms with Crippen LogP contribution in [0.1, 0.15) is 25.3 Å². The van der Waals surface area contributed by atoms with Crippen LogP contribution in [-0.4, -0.2) is 46.5 Å². The summed E-state index contributed by atoms with van der Waals surface area (Å²) in [5.74, 6) is -0.125. The van der Waals surface area contributed by atoms with E-state index in [1.165, 1.54) is 0 Å². The number of nitrogens with zero attached hydrogens (tertiary/aromatic N) is 1. The van der Waals surface area contributed by atoms with E-state index in [9.17, 15) is 15.0 Å². The molecule has 1 amide bonds. The third-order valence-corrected chi connectivity index (χ3v) is 4.08. The molecule has 1 unspecified atom stereocenters. The van der Waals surface area contributed by atoms with Crippen molar-refractivity contribution in [2.75, 3.05) is 19.7 Å². The van der Waals surface area contributed by atoms with Gasteiger partial charge in [0.2, 0.25) is 0 Å². The van der Waals surface area contributed by atoms with E-state index >= 15 is 0 Å². The maximum atomic E-state index is 12.1. The molecule has 1 aromatic rings. The van der Waals surface area contributed by atoms with Crippen molar-refractivity contribution in [1.29, 1.82) is 0 Å². The highest BCUT2D eigenvalue weighted by molar-refractivity contribution is 5.67. The number of ether oxygens (including phenoxy) is 1. The fraction of sp³-hybridized carbons (Fsp3) is 0.562. The van der Waals surface area contributed by atoms with Gasteiger partial charge in [0.1, 0.15) is 6.61 Å². The van der Waals surface area contributed by atoms with E-state index < -0.39 is 5.60 Å². The van der Waals surface area contributed by atoms with Gasteiger partial charge in [-0.2, -0.15) is 0 Å². The lowest BCUT2D eigenvalue weighted by Crippen LogP contribution is -2.49. The summed E-state index contributed by atoms with van der Waals surface area (Å²) in [6.07, 6.45) is 1.24. The maximum Gasteiger partial charge on any atom is 0.410 e. The van der Waals surface area contributed by atoms with E-state index in [-0.39, 0.29) is 25.2 Å². The molecule has 1 aliphatic heterocycles. The molecule has 116 valence electrons. The summed E-state index contributed by atoms with van der Waals surface area (Å²) in [4.78, 5) is 13.7. The first-order valence-electron chi connectivity index (χ1n) is 7.32. The van der Waals surface area contributed by atoms with Crippen LogP contribution in [0.3, 0.4) is 0 Å². The highest BCUT2D eigenvalue weighted by atomic mass is 16.6. The second kappa shape index (κ2) is 6.91. The van der Waals surface area contributed by atoms with Gasteiger partial charge in [0.25, 0.3) is 0 Å².